The smallest absolute Gasteiger partial charge is 0.192 e. The zero-order valence-corrected chi connectivity index (χ0v) is 13.4. The first kappa shape index (κ1) is 15.2. The minimum atomic E-state index is -1.52. The molecule has 0 unspecified atom stereocenters. The van der Waals surface area contributed by atoms with Gasteiger partial charge >= 0.3 is 0 Å². The quantitative estimate of drug-likeness (QED) is 0.553. The van der Waals surface area contributed by atoms with Gasteiger partial charge < -0.3 is 9.74 Å². The Morgan fingerprint density at radius 1 is 1.18 bits per heavy atom. The Bertz CT molecular complexity index is 219. The van der Waals surface area contributed by atoms with Gasteiger partial charge in [0.15, 0.2) is 8.32 Å². The number of rotatable bonds is 7. The summed E-state index contributed by atoms with van der Waals surface area (Å²) in [6, 6.07) is 0. The van der Waals surface area contributed by atoms with Crippen LogP contribution in [0.5, 0.6) is 0 Å². The highest BCUT2D eigenvalue weighted by molar-refractivity contribution is 6.74. The first-order valence-corrected chi connectivity index (χ1v) is 10.1. The second-order valence-electron chi connectivity index (χ2n) is 6.94. The number of nitrogens with one attached hydrogen (secondary N) is 1. The van der Waals surface area contributed by atoms with Crippen LogP contribution in [0.1, 0.15) is 46.5 Å². The summed E-state index contributed by atoms with van der Waals surface area (Å²) in [4.78, 5) is 0. The Labute approximate surface area is 109 Å². The number of hydrogen-bond donors (Lipinski definition) is 1. The summed E-state index contributed by atoms with van der Waals surface area (Å²) < 4.78 is 6.12. The molecule has 1 aliphatic carbocycles. The molecular weight excluding hydrogens is 226 g/mol. The largest absolute Gasteiger partial charge is 0.416 e. The van der Waals surface area contributed by atoms with Crippen LogP contribution >= 0.6 is 0 Å². The van der Waals surface area contributed by atoms with Crippen molar-refractivity contribution in [1.82, 2.24) is 5.32 Å². The molecule has 1 fully saturated rings. The third-order valence-electron chi connectivity index (χ3n) is 4.50. The first-order valence-electron chi connectivity index (χ1n) is 7.17. The van der Waals surface area contributed by atoms with E-state index in [1.807, 2.05) is 0 Å². The van der Waals surface area contributed by atoms with Crippen molar-refractivity contribution in [1.29, 1.82) is 0 Å². The fourth-order valence-corrected chi connectivity index (χ4v) is 2.85. The van der Waals surface area contributed by atoms with Crippen molar-refractivity contribution in [3.63, 3.8) is 0 Å². The van der Waals surface area contributed by atoms with E-state index in [0.29, 0.717) is 5.04 Å². The predicted molar refractivity (Wildman–Crippen MR) is 78.0 cm³/mol. The summed E-state index contributed by atoms with van der Waals surface area (Å²) in [5.74, 6) is 1.02. The summed E-state index contributed by atoms with van der Waals surface area (Å²) in [6.07, 6.45) is 5.74. The highest BCUT2D eigenvalue weighted by atomic mass is 28.4. The zero-order chi connectivity index (χ0) is 12.9. The van der Waals surface area contributed by atoms with Crippen LogP contribution in [0.4, 0.5) is 0 Å². The van der Waals surface area contributed by atoms with E-state index < -0.39 is 8.32 Å². The molecule has 1 aliphatic rings. The maximum atomic E-state index is 6.12. The Kier molecular flexibility index (Phi) is 5.67. The van der Waals surface area contributed by atoms with Gasteiger partial charge in [0.2, 0.25) is 0 Å². The monoisotopic (exact) mass is 257 g/mol. The van der Waals surface area contributed by atoms with Gasteiger partial charge in [0.05, 0.1) is 0 Å². The molecule has 3 heteroatoms. The van der Waals surface area contributed by atoms with Crippen molar-refractivity contribution in [2.24, 2.45) is 5.92 Å². The van der Waals surface area contributed by atoms with Gasteiger partial charge in [-0.3, -0.25) is 0 Å². The van der Waals surface area contributed by atoms with Crippen LogP contribution in [-0.4, -0.2) is 28.0 Å². The second-order valence-corrected chi connectivity index (χ2v) is 11.8. The molecule has 1 rings (SSSR count). The molecule has 0 radical (unpaired) electrons. The molecule has 0 atom stereocenters. The van der Waals surface area contributed by atoms with Crippen molar-refractivity contribution in [3.05, 3.63) is 0 Å². The summed E-state index contributed by atoms with van der Waals surface area (Å²) in [6.45, 7) is 14.6. The Hall–Kier alpha value is 0.137. The van der Waals surface area contributed by atoms with Crippen LogP contribution in [0.3, 0.4) is 0 Å². The molecule has 0 spiro atoms. The third-order valence-corrected chi connectivity index (χ3v) is 9.04. The van der Waals surface area contributed by atoms with E-state index in [4.69, 9.17) is 4.43 Å². The van der Waals surface area contributed by atoms with Crippen LogP contribution in [0.15, 0.2) is 0 Å². The molecule has 2 nitrogen and oxygen atoms in total. The standard InChI is InChI=1S/C14H31NOSi/c1-14(2,3)17(4,5)16-12-11-15-10-9-13-7-6-8-13/h13,15H,6-12H2,1-5H3. The Morgan fingerprint density at radius 2 is 1.82 bits per heavy atom. The van der Waals surface area contributed by atoms with Crippen LogP contribution in [-0.2, 0) is 4.43 Å². The van der Waals surface area contributed by atoms with Crippen molar-refractivity contribution in [2.45, 2.75) is 64.6 Å². The van der Waals surface area contributed by atoms with Crippen LogP contribution < -0.4 is 5.32 Å². The Morgan fingerprint density at radius 3 is 2.29 bits per heavy atom. The summed E-state index contributed by atoms with van der Waals surface area (Å²) >= 11 is 0. The highest BCUT2D eigenvalue weighted by Crippen LogP contribution is 2.36. The van der Waals surface area contributed by atoms with Gasteiger partial charge in [-0.25, -0.2) is 0 Å². The summed E-state index contributed by atoms with van der Waals surface area (Å²) in [5, 5.41) is 3.84. The van der Waals surface area contributed by atoms with Crippen LogP contribution in [0.2, 0.25) is 18.1 Å². The molecule has 0 heterocycles. The van der Waals surface area contributed by atoms with Gasteiger partial charge in [-0.05, 0) is 37.0 Å². The lowest BCUT2D eigenvalue weighted by Crippen LogP contribution is -2.42. The van der Waals surface area contributed by atoms with E-state index in [-0.39, 0.29) is 0 Å². The molecule has 0 aromatic rings. The predicted octanol–water partition coefficient (Wildman–Crippen LogP) is 3.79. The highest BCUT2D eigenvalue weighted by Gasteiger charge is 2.36. The molecular formula is C14H31NOSi. The van der Waals surface area contributed by atoms with Crippen molar-refractivity contribution in [3.8, 4) is 0 Å². The number of hydrogen-bond acceptors (Lipinski definition) is 2. The molecule has 0 bridgehead atoms. The van der Waals surface area contributed by atoms with Gasteiger partial charge in [-0.15, -0.1) is 0 Å². The zero-order valence-electron chi connectivity index (χ0n) is 12.4. The minimum Gasteiger partial charge on any atom is -0.416 e. The van der Waals surface area contributed by atoms with E-state index in [2.05, 4.69) is 39.2 Å². The van der Waals surface area contributed by atoms with Gasteiger partial charge in [-0.1, -0.05) is 40.0 Å². The van der Waals surface area contributed by atoms with Gasteiger partial charge in [0.25, 0.3) is 0 Å². The topological polar surface area (TPSA) is 21.3 Å². The van der Waals surface area contributed by atoms with Gasteiger partial charge in [0.1, 0.15) is 0 Å². The SMILES string of the molecule is CC(C)(C)[Si](C)(C)OCCNCCC1CCC1. The summed E-state index contributed by atoms with van der Waals surface area (Å²) in [5.41, 5.74) is 0. The average Bonchev–Trinajstić information content (AvgIpc) is 2.11. The molecule has 1 N–H and O–H groups in total. The maximum absolute atomic E-state index is 6.12. The van der Waals surface area contributed by atoms with Gasteiger partial charge in [-0.2, -0.15) is 0 Å². The van der Waals surface area contributed by atoms with Gasteiger partial charge in [0, 0.05) is 13.2 Å². The molecule has 0 amide bonds. The molecule has 0 aliphatic heterocycles. The lowest BCUT2D eigenvalue weighted by atomic mass is 9.83. The first-order chi connectivity index (χ1) is 7.83. The Balaban J connectivity index is 1.99. The fourth-order valence-electron chi connectivity index (χ4n) is 1.81. The van der Waals surface area contributed by atoms with E-state index in [1.54, 1.807) is 0 Å². The van der Waals surface area contributed by atoms with Crippen LogP contribution in [0, 0.1) is 5.92 Å². The molecule has 0 aromatic heterocycles. The van der Waals surface area contributed by atoms with Crippen LogP contribution in [0.25, 0.3) is 0 Å². The van der Waals surface area contributed by atoms with E-state index in [0.717, 1.165) is 19.1 Å². The van der Waals surface area contributed by atoms with E-state index >= 15 is 0 Å². The molecule has 0 aromatic carbocycles. The second kappa shape index (κ2) is 6.35. The molecule has 102 valence electrons. The average molecular weight is 257 g/mol. The van der Waals surface area contributed by atoms with Crippen molar-refractivity contribution in [2.75, 3.05) is 19.7 Å². The van der Waals surface area contributed by atoms with Crippen molar-refractivity contribution < 1.29 is 4.43 Å². The third kappa shape index (κ3) is 5.10. The summed E-state index contributed by atoms with van der Waals surface area (Å²) in [7, 11) is -1.52. The normalized spacial score (nSPS) is 18.2. The molecule has 1 saturated carbocycles. The lowest BCUT2D eigenvalue weighted by molar-refractivity contribution is 0.270. The lowest BCUT2D eigenvalue weighted by Gasteiger charge is -2.36. The fraction of sp³-hybridized carbons (Fsp3) is 1.00. The van der Waals surface area contributed by atoms with Crippen molar-refractivity contribution >= 4 is 8.32 Å². The maximum Gasteiger partial charge on any atom is 0.192 e. The van der Waals surface area contributed by atoms with E-state index in [1.165, 1.54) is 32.2 Å². The molecule has 0 saturated heterocycles. The minimum absolute atomic E-state index is 0.332. The van der Waals surface area contributed by atoms with E-state index in [9.17, 15) is 0 Å². The molecule has 17 heavy (non-hydrogen) atoms.